The highest BCUT2D eigenvalue weighted by Crippen LogP contribution is 2.17. The molecular formula is C16H34I2N2. The van der Waals surface area contributed by atoms with Crippen LogP contribution in [0.15, 0.2) is 0 Å². The molecule has 2 N–H and O–H groups in total. The summed E-state index contributed by atoms with van der Waals surface area (Å²) in [6.07, 6.45) is 14.1. The maximum absolute atomic E-state index is 3.41. The first-order chi connectivity index (χ1) is 9.85. The first kappa shape index (κ1) is 21.4. The smallest absolute Gasteiger partial charge is 0.0169 e. The van der Waals surface area contributed by atoms with Crippen LogP contribution in [0.3, 0.4) is 0 Å². The molecule has 0 aromatic carbocycles. The van der Waals surface area contributed by atoms with Crippen molar-refractivity contribution in [2.24, 2.45) is 5.92 Å². The molecule has 122 valence electrons. The Balaban J connectivity index is 3.44. The number of halogens is 2. The zero-order valence-corrected chi connectivity index (χ0v) is 17.5. The molecule has 0 amide bonds. The maximum Gasteiger partial charge on any atom is 0.0169 e. The summed E-state index contributed by atoms with van der Waals surface area (Å²) in [6.45, 7) is 5.67. The van der Waals surface area contributed by atoms with Gasteiger partial charge in [-0.3, -0.25) is 3.53 Å². The Bertz CT molecular complexity index is 180. The third kappa shape index (κ3) is 15.8. The molecule has 20 heavy (non-hydrogen) atoms. The first-order valence-corrected chi connectivity index (χ1v) is 11.1. The fourth-order valence-electron chi connectivity index (χ4n) is 2.55. The molecular weight excluding hydrogens is 474 g/mol. The van der Waals surface area contributed by atoms with Gasteiger partial charge in [0.15, 0.2) is 0 Å². The molecule has 0 spiro atoms. The van der Waals surface area contributed by atoms with Gasteiger partial charge in [0, 0.05) is 29.4 Å². The van der Waals surface area contributed by atoms with Crippen molar-refractivity contribution in [3.63, 3.8) is 0 Å². The predicted molar refractivity (Wildman–Crippen MR) is 109 cm³/mol. The summed E-state index contributed by atoms with van der Waals surface area (Å²) in [5.41, 5.74) is 0. The van der Waals surface area contributed by atoms with Crippen LogP contribution in [0.4, 0.5) is 0 Å². The Morgan fingerprint density at radius 1 is 0.850 bits per heavy atom. The van der Waals surface area contributed by atoms with Crippen molar-refractivity contribution in [3.05, 3.63) is 0 Å². The molecule has 0 bridgehead atoms. The van der Waals surface area contributed by atoms with E-state index in [4.69, 9.17) is 0 Å². The van der Waals surface area contributed by atoms with E-state index >= 15 is 0 Å². The topological polar surface area (TPSA) is 24.1 Å². The van der Waals surface area contributed by atoms with E-state index in [0.29, 0.717) is 0 Å². The summed E-state index contributed by atoms with van der Waals surface area (Å²) < 4.78 is 4.67. The number of alkyl halides is 1. The average molecular weight is 508 g/mol. The van der Waals surface area contributed by atoms with Crippen molar-refractivity contribution in [1.82, 2.24) is 8.85 Å². The van der Waals surface area contributed by atoms with E-state index in [0.717, 1.165) is 12.5 Å². The SMILES string of the molecule is CCNCCCCC(CCCCCCCCI)CNI. The van der Waals surface area contributed by atoms with Gasteiger partial charge in [-0.1, -0.05) is 68.0 Å². The van der Waals surface area contributed by atoms with E-state index < -0.39 is 0 Å². The van der Waals surface area contributed by atoms with Gasteiger partial charge >= 0.3 is 0 Å². The Morgan fingerprint density at radius 3 is 2.05 bits per heavy atom. The second kappa shape index (κ2) is 18.4. The van der Waals surface area contributed by atoms with Gasteiger partial charge in [-0.05, 0) is 49.1 Å². The minimum Gasteiger partial charge on any atom is -0.317 e. The number of nitrogens with one attached hydrogen (secondary N) is 2. The Kier molecular flexibility index (Phi) is 19.7. The molecule has 0 radical (unpaired) electrons. The standard InChI is InChI=1S/C16H34I2N2/c1-2-19-14-10-8-12-16(15-20-18)11-7-5-3-4-6-9-13-17/h16,19-20H,2-15H2,1H3. The van der Waals surface area contributed by atoms with Crippen molar-refractivity contribution in [3.8, 4) is 0 Å². The summed E-state index contributed by atoms with van der Waals surface area (Å²) >= 11 is 4.78. The second-order valence-electron chi connectivity index (χ2n) is 5.65. The number of hydrogen-bond acceptors (Lipinski definition) is 2. The van der Waals surface area contributed by atoms with Gasteiger partial charge in [0.1, 0.15) is 0 Å². The monoisotopic (exact) mass is 508 g/mol. The minimum atomic E-state index is 0.892. The number of rotatable bonds is 16. The van der Waals surface area contributed by atoms with Crippen LogP contribution < -0.4 is 8.85 Å². The lowest BCUT2D eigenvalue weighted by atomic mass is 9.95. The van der Waals surface area contributed by atoms with Crippen molar-refractivity contribution >= 4 is 45.5 Å². The second-order valence-corrected chi connectivity index (χ2v) is 7.49. The fourth-order valence-corrected chi connectivity index (χ4v) is 3.71. The zero-order chi connectivity index (χ0) is 14.9. The van der Waals surface area contributed by atoms with Crippen LogP contribution in [0.25, 0.3) is 0 Å². The molecule has 0 fully saturated rings. The van der Waals surface area contributed by atoms with Gasteiger partial charge in [-0.2, -0.15) is 0 Å². The third-order valence-corrected chi connectivity index (χ3v) is 5.03. The van der Waals surface area contributed by atoms with Crippen molar-refractivity contribution in [2.45, 2.75) is 71.1 Å². The zero-order valence-electron chi connectivity index (χ0n) is 13.2. The van der Waals surface area contributed by atoms with Crippen molar-refractivity contribution in [1.29, 1.82) is 0 Å². The average Bonchev–Trinajstić information content (AvgIpc) is 2.46. The van der Waals surface area contributed by atoms with Gasteiger partial charge in [0.2, 0.25) is 0 Å². The molecule has 0 aromatic rings. The number of hydrogen-bond donors (Lipinski definition) is 2. The van der Waals surface area contributed by atoms with Crippen LogP contribution in [0, 0.1) is 5.92 Å². The molecule has 0 aromatic heterocycles. The molecule has 0 aliphatic rings. The maximum atomic E-state index is 3.41. The van der Waals surface area contributed by atoms with E-state index in [1.807, 2.05) is 0 Å². The van der Waals surface area contributed by atoms with Gasteiger partial charge in [-0.15, -0.1) is 0 Å². The summed E-state index contributed by atoms with van der Waals surface area (Å²) in [5, 5.41) is 3.41. The lowest BCUT2D eigenvalue weighted by Crippen LogP contribution is -2.17. The molecule has 1 atom stereocenters. The van der Waals surface area contributed by atoms with E-state index in [-0.39, 0.29) is 0 Å². The van der Waals surface area contributed by atoms with Crippen LogP contribution in [-0.4, -0.2) is 24.1 Å². The highest BCUT2D eigenvalue weighted by atomic mass is 127. The van der Waals surface area contributed by atoms with E-state index in [1.54, 1.807) is 0 Å². The number of unbranched alkanes of at least 4 members (excludes halogenated alkanes) is 6. The van der Waals surface area contributed by atoms with Gasteiger partial charge in [0.05, 0.1) is 0 Å². The molecule has 0 saturated heterocycles. The molecule has 0 aliphatic heterocycles. The summed E-state index contributed by atoms with van der Waals surface area (Å²) in [6, 6.07) is 0. The normalized spacial score (nSPS) is 12.8. The van der Waals surface area contributed by atoms with Crippen molar-refractivity contribution in [2.75, 3.05) is 24.1 Å². The van der Waals surface area contributed by atoms with Crippen molar-refractivity contribution < 1.29 is 0 Å². The van der Waals surface area contributed by atoms with Crippen LogP contribution in [0.1, 0.15) is 71.1 Å². The lowest BCUT2D eigenvalue weighted by molar-refractivity contribution is 0.409. The van der Waals surface area contributed by atoms with E-state index in [9.17, 15) is 0 Å². The largest absolute Gasteiger partial charge is 0.317 e. The molecule has 4 heteroatoms. The van der Waals surface area contributed by atoms with Crippen LogP contribution in [0.5, 0.6) is 0 Å². The molecule has 0 saturated carbocycles. The molecule has 0 aliphatic carbocycles. The van der Waals surface area contributed by atoms with Crippen LogP contribution >= 0.6 is 45.5 Å². The van der Waals surface area contributed by atoms with Gasteiger partial charge < -0.3 is 5.32 Å². The minimum absolute atomic E-state index is 0.892. The predicted octanol–water partition coefficient (Wildman–Crippen LogP) is 5.49. The third-order valence-electron chi connectivity index (χ3n) is 3.83. The first-order valence-electron chi connectivity index (χ1n) is 8.45. The van der Waals surface area contributed by atoms with E-state index in [1.165, 1.54) is 81.7 Å². The highest BCUT2D eigenvalue weighted by Gasteiger charge is 2.07. The molecule has 2 nitrogen and oxygen atoms in total. The van der Waals surface area contributed by atoms with Crippen LogP contribution in [-0.2, 0) is 0 Å². The van der Waals surface area contributed by atoms with E-state index in [2.05, 4.69) is 61.2 Å². The van der Waals surface area contributed by atoms with Gasteiger partial charge in [0.25, 0.3) is 0 Å². The summed E-state index contributed by atoms with van der Waals surface area (Å²) in [7, 11) is 0. The Labute approximate surface area is 154 Å². The molecule has 0 rings (SSSR count). The van der Waals surface area contributed by atoms with Crippen LogP contribution in [0.2, 0.25) is 0 Å². The molecule has 1 unspecified atom stereocenters. The lowest BCUT2D eigenvalue weighted by Gasteiger charge is -2.16. The Morgan fingerprint density at radius 2 is 1.45 bits per heavy atom. The van der Waals surface area contributed by atoms with Gasteiger partial charge in [-0.25, -0.2) is 0 Å². The Hall–Kier alpha value is 1.38. The quantitative estimate of drug-likeness (QED) is 0.125. The molecule has 0 heterocycles. The summed E-state index contributed by atoms with van der Waals surface area (Å²) in [4.78, 5) is 0. The highest BCUT2D eigenvalue weighted by molar-refractivity contribution is 14.1. The fraction of sp³-hybridized carbons (Fsp3) is 1.00. The summed E-state index contributed by atoms with van der Waals surface area (Å²) in [5.74, 6) is 0.892.